The van der Waals surface area contributed by atoms with E-state index < -0.39 is 34.0 Å². The summed E-state index contributed by atoms with van der Waals surface area (Å²) in [5.74, 6) is -3.49. The van der Waals surface area contributed by atoms with Gasteiger partial charge in [-0.2, -0.15) is 0 Å². The molecule has 2 rings (SSSR count). The van der Waals surface area contributed by atoms with E-state index in [2.05, 4.69) is 5.32 Å². The number of nitro groups is 1. The van der Waals surface area contributed by atoms with E-state index in [9.17, 15) is 24.1 Å². The zero-order valence-electron chi connectivity index (χ0n) is 10.3. The van der Waals surface area contributed by atoms with Gasteiger partial charge in [-0.25, -0.2) is 4.39 Å². The molecule has 2 amide bonds. The number of amides is 2. The minimum atomic E-state index is -0.989. The van der Waals surface area contributed by atoms with Crippen molar-refractivity contribution < 1.29 is 23.3 Å². The summed E-state index contributed by atoms with van der Waals surface area (Å²) in [6, 6.07) is 5.35. The molecule has 0 fully saturated rings. The number of primary amides is 1. The summed E-state index contributed by atoms with van der Waals surface area (Å²) in [7, 11) is 0. The molecule has 0 unspecified atom stereocenters. The first-order chi connectivity index (χ1) is 9.88. The minimum Gasteiger partial charge on any atom is -0.395 e. The van der Waals surface area contributed by atoms with Gasteiger partial charge in [-0.15, -0.1) is 0 Å². The zero-order valence-corrected chi connectivity index (χ0v) is 10.3. The van der Waals surface area contributed by atoms with Crippen LogP contribution in [0.25, 0.3) is 0 Å². The molecular weight excluding hydrogens is 285 g/mol. The zero-order chi connectivity index (χ0) is 15.6. The van der Waals surface area contributed by atoms with E-state index in [1.807, 2.05) is 0 Å². The van der Waals surface area contributed by atoms with Crippen molar-refractivity contribution in [2.24, 2.45) is 5.73 Å². The fourth-order valence-corrected chi connectivity index (χ4v) is 1.53. The Morgan fingerprint density at radius 1 is 1.29 bits per heavy atom. The maximum Gasteiger partial charge on any atom is 0.433 e. The summed E-state index contributed by atoms with van der Waals surface area (Å²) in [6.07, 6.45) is 0. The van der Waals surface area contributed by atoms with Crippen LogP contribution >= 0.6 is 0 Å². The van der Waals surface area contributed by atoms with E-state index >= 15 is 0 Å². The molecule has 1 aromatic carbocycles. The molecular formula is C12H8FN3O5. The number of rotatable bonds is 4. The quantitative estimate of drug-likeness (QED) is 0.654. The predicted octanol–water partition coefficient (Wildman–Crippen LogP) is 1.68. The number of benzene rings is 1. The van der Waals surface area contributed by atoms with Gasteiger partial charge in [0.25, 0.3) is 11.8 Å². The van der Waals surface area contributed by atoms with E-state index in [4.69, 9.17) is 10.2 Å². The van der Waals surface area contributed by atoms with Crippen molar-refractivity contribution in [3.63, 3.8) is 0 Å². The highest BCUT2D eigenvalue weighted by Crippen LogP contribution is 2.19. The average Bonchev–Trinajstić information content (AvgIpc) is 2.90. The Bertz CT molecular complexity index is 740. The number of nitrogens with one attached hydrogen (secondary N) is 1. The second-order valence-electron chi connectivity index (χ2n) is 3.91. The molecule has 0 radical (unpaired) electrons. The van der Waals surface area contributed by atoms with Crippen LogP contribution < -0.4 is 11.1 Å². The number of nitrogens with two attached hydrogens (primary N) is 1. The fourth-order valence-electron chi connectivity index (χ4n) is 1.53. The SMILES string of the molecule is NC(=O)c1cc(NC(=O)c2ccc([N+](=O)[O-])o2)ccc1F. The van der Waals surface area contributed by atoms with Gasteiger partial charge in [0.1, 0.15) is 10.7 Å². The maximum absolute atomic E-state index is 13.3. The van der Waals surface area contributed by atoms with Gasteiger partial charge in [0, 0.05) is 5.69 Å². The van der Waals surface area contributed by atoms with E-state index in [1.54, 1.807) is 0 Å². The highest BCUT2D eigenvalue weighted by atomic mass is 19.1. The molecule has 0 saturated carbocycles. The van der Waals surface area contributed by atoms with Crippen molar-refractivity contribution in [3.8, 4) is 0 Å². The van der Waals surface area contributed by atoms with Crippen LogP contribution in [0.1, 0.15) is 20.9 Å². The highest BCUT2D eigenvalue weighted by Gasteiger charge is 2.18. The molecule has 2 aromatic rings. The molecule has 0 bridgehead atoms. The number of halogens is 1. The molecule has 0 aliphatic heterocycles. The van der Waals surface area contributed by atoms with Gasteiger partial charge in [-0.05, 0) is 24.3 Å². The summed E-state index contributed by atoms with van der Waals surface area (Å²) in [5, 5.41) is 12.7. The number of hydrogen-bond acceptors (Lipinski definition) is 5. The van der Waals surface area contributed by atoms with Gasteiger partial charge < -0.3 is 15.5 Å². The summed E-state index contributed by atoms with van der Waals surface area (Å²) < 4.78 is 18.0. The first kappa shape index (κ1) is 14.2. The third kappa shape index (κ3) is 3.03. The molecule has 9 heteroatoms. The van der Waals surface area contributed by atoms with Crippen molar-refractivity contribution in [1.82, 2.24) is 0 Å². The van der Waals surface area contributed by atoms with Crippen LogP contribution in [-0.4, -0.2) is 16.7 Å². The van der Waals surface area contributed by atoms with E-state index in [1.165, 1.54) is 6.07 Å². The standard InChI is InChI=1S/C12H8FN3O5/c13-8-2-1-6(5-7(8)11(14)17)15-12(18)9-3-4-10(21-9)16(19)20/h1-5H,(H2,14,17)(H,15,18). The van der Waals surface area contributed by atoms with Gasteiger partial charge in [0.05, 0.1) is 11.6 Å². The molecule has 0 saturated heterocycles. The number of furan rings is 1. The second kappa shape index (κ2) is 5.41. The van der Waals surface area contributed by atoms with Gasteiger partial charge in [0.2, 0.25) is 0 Å². The normalized spacial score (nSPS) is 10.1. The van der Waals surface area contributed by atoms with Crippen molar-refractivity contribution in [2.45, 2.75) is 0 Å². The Labute approximate surface area is 116 Å². The molecule has 3 N–H and O–H groups in total. The molecule has 0 spiro atoms. The Kier molecular flexibility index (Phi) is 3.65. The first-order valence-corrected chi connectivity index (χ1v) is 5.53. The lowest BCUT2D eigenvalue weighted by molar-refractivity contribution is -0.402. The number of anilines is 1. The lowest BCUT2D eigenvalue weighted by Crippen LogP contribution is -2.15. The van der Waals surface area contributed by atoms with Crippen LogP contribution in [0.15, 0.2) is 34.7 Å². The molecule has 108 valence electrons. The van der Waals surface area contributed by atoms with Crippen LogP contribution in [0.5, 0.6) is 0 Å². The van der Waals surface area contributed by atoms with Crippen LogP contribution in [0.3, 0.4) is 0 Å². The summed E-state index contributed by atoms with van der Waals surface area (Å²) in [5.41, 5.74) is 4.68. The Morgan fingerprint density at radius 3 is 2.57 bits per heavy atom. The smallest absolute Gasteiger partial charge is 0.395 e. The lowest BCUT2D eigenvalue weighted by Gasteiger charge is -2.05. The molecule has 21 heavy (non-hydrogen) atoms. The van der Waals surface area contributed by atoms with Gasteiger partial charge in [-0.1, -0.05) is 0 Å². The molecule has 0 aliphatic carbocycles. The molecule has 8 nitrogen and oxygen atoms in total. The third-order valence-corrected chi connectivity index (χ3v) is 2.49. The molecule has 1 aromatic heterocycles. The number of hydrogen-bond donors (Lipinski definition) is 2. The monoisotopic (exact) mass is 293 g/mol. The van der Waals surface area contributed by atoms with Gasteiger partial charge >= 0.3 is 5.88 Å². The molecule has 0 aliphatic rings. The van der Waals surface area contributed by atoms with E-state index in [0.29, 0.717) is 0 Å². The Balaban J connectivity index is 2.21. The minimum absolute atomic E-state index is 0.0919. The average molecular weight is 293 g/mol. The lowest BCUT2D eigenvalue weighted by atomic mass is 10.1. The molecule has 0 atom stereocenters. The fraction of sp³-hybridized carbons (Fsp3) is 0. The van der Waals surface area contributed by atoms with Crippen molar-refractivity contribution in [2.75, 3.05) is 5.32 Å². The van der Waals surface area contributed by atoms with E-state index in [-0.39, 0.29) is 11.4 Å². The second-order valence-corrected chi connectivity index (χ2v) is 3.91. The third-order valence-electron chi connectivity index (χ3n) is 2.49. The first-order valence-electron chi connectivity index (χ1n) is 5.53. The largest absolute Gasteiger partial charge is 0.433 e. The van der Waals surface area contributed by atoms with Crippen molar-refractivity contribution in [3.05, 3.63) is 57.6 Å². The topological polar surface area (TPSA) is 128 Å². The maximum atomic E-state index is 13.3. The number of carbonyl (C=O) groups excluding carboxylic acids is 2. The van der Waals surface area contributed by atoms with Crippen molar-refractivity contribution >= 4 is 23.4 Å². The predicted molar refractivity (Wildman–Crippen MR) is 68.2 cm³/mol. The van der Waals surface area contributed by atoms with Crippen LogP contribution in [-0.2, 0) is 0 Å². The summed E-state index contributed by atoms with van der Waals surface area (Å²) in [6.45, 7) is 0. The Hall–Kier alpha value is -3.23. The summed E-state index contributed by atoms with van der Waals surface area (Å²) >= 11 is 0. The van der Waals surface area contributed by atoms with Crippen LogP contribution in [0, 0.1) is 15.9 Å². The van der Waals surface area contributed by atoms with Gasteiger partial charge in [0.15, 0.2) is 5.76 Å². The van der Waals surface area contributed by atoms with Crippen LogP contribution in [0.2, 0.25) is 0 Å². The van der Waals surface area contributed by atoms with Crippen LogP contribution in [0.4, 0.5) is 16.0 Å². The summed E-state index contributed by atoms with van der Waals surface area (Å²) in [4.78, 5) is 32.4. The number of carbonyl (C=O) groups is 2. The number of nitrogens with zero attached hydrogens (tertiary/aromatic N) is 1. The van der Waals surface area contributed by atoms with Gasteiger partial charge in [-0.3, -0.25) is 19.7 Å². The highest BCUT2D eigenvalue weighted by molar-refractivity contribution is 6.03. The molecule has 1 heterocycles. The van der Waals surface area contributed by atoms with Crippen molar-refractivity contribution in [1.29, 1.82) is 0 Å². The van der Waals surface area contributed by atoms with E-state index in [0.717, 1.165) is 24.3 Å². The Morgan fingerprint density at radius 2 is 2.00 bits per heavy atom.